The summed E-state index contributed by atoms with van der Waals surface area (Å²) >= 11 is 0. The van der Waals surface area contributed by atoms with Crippen molar-refractivity contribution in [3.63, 3.8) is 0 Å². The SMILES string of the molecule is CCC1(C)C=Cc2cc(CN(c3ccccc3)S(=O)(=O)c3ccc(OC)c(OC)c3)ccc2O1. The largest absolute Gasteiger partial charge is 0.493 e. The number of rotatable bonds is 8. The first-order valence-electron chi connectivity index (χ1n) is 11.1. The van der Waals surface area contributed by atoms with Gasteiger partial charge in [-0.05, 0) is 61.4 Å². The number of hydrogen-bond acceptors (Lipinski definition) is 5. The van der Waals surface area contributed by atoms with Crippen LogP contribution in [0.15, 0.2) is 77.7 Å². The van der Waals surface area contributed by atoms with Crippen molar-refractivity contribution >= 4 is 21.8 Å². The van der Waals surface area contributed by atoms with Gasteiger partial charge in [-0.15, -0.1) is 0 Å². The minimum absolute atomic E-state index is 0.119. The Morgan fingerprint density at radius 2 is 1.68 bits per heavy atom. The average molecular weight is 480 g/mol. The zero-order valence-corrected chi connectivity index (χ0v) is 20.6. The van der Waals surface area contributed by atoms with Gasteiger partial charge in [0.15, 0.2) is 11.5 Å². The fourth-order valence-electron chi connectivity index (χ4n) is 3.84. The van der Waals surface area contributed by atoms with Crippen LogP contribution in [0.1, 0.15) is 31.4 Å². The summed E-state index contributed by atoms with van der Waals surface area (Å²) in [6.45, 7) is 4.29. The summed E-state index contributed by atoms with van der Waals surface area (Å²) in [4.78, 5) is 0.119. The summed E-state index contributed by atoms with van der Waals surface area (Å²) in [5.41, 5.74) is 2.02. The summed E-state index contributed by atoms with van der Waals surface area (Å²) < 4.78 is 45.8. The van der Waals surface area contributed by atoms with Gasteiger partial charge in [0.1, 0.15) is 11.4 Å². The Labute approximate surface area is 201 Å². The summed E-state index contributed by atoms with van der Waals surface area (Å²) in [5, 5.41) is 0. The molecule has 0 fully saturated rings. The number of para-hydroxylation sites is 1. The molecule has 0 saturated carbocycles. The Morgan fingerprint density at radius 1 is 0.941 bits per heavy atom. The minimum Gasteiger partial charge on any atom is -0.493 e. The van der Waals surface area contributed by atoms with Crippen LogP contribution in [0.3, 0.4) is 0 Å². The molecular formula is C27H29NO5S. The van der Waals surface area contributed by atoms with E-state index in [9.17, 15) is 8.42 Å². The molecule has 3 aromatic rings. The van der Waals surface area contributed by atoms with Crippen molar-refractivity contribution < 1.29 is 22.6 Å². The van der Waals surface area contributed by atoms with E-state index in [1.165, 1.54) is 30.7 Å². The summed E-state index contributed by atoms with van der Waals surface area (Å²) in [7, 11) is -0.910. The van der Waals surface area contributed by atoms with Crippen molar-refractivity contribution in [3.8, 4) is 17.2 Å². The molecule has 0 aromatic heterocycles. The van der Waals surface area contributed by atoms with Gasteiger partial charge in [-0.25, -0.2) is 8.42 Å². The normalized spacial score (nSPS) is 16.9. The zero-order valence-electron chi connectivity index (χ0n) is 19.8. The lowest BCUT2D eigenvalue weighted by atomic mass is 9.97. The van der Waals surface area contributed by atoms with Gasteiger partial charge in [-0.2, -0.15) is 0 Å². The van der Waals surface area contributed by atoms with E-state index in [0.29, 0.717) is 17.2 Å². The van der Waals surface area contributed by atoms with Crippen LogP contribution in [-0.2, 0) is 16.6 Å². The Bertz CT molecular complexity index is 1300. The van der Waals surface area contributed by atoms with E-state index in [4.69, 9.17) is 14.2 Å². The topological polar surface area (TPSA) is 65.1 Å². The lowest BCUT2D eigenvalue weighted by Gasteiger charge is -2.31. The molecule has 6 nitrogen and oxygen atoms in total. The maximum atomic E-state index is 13.8. The number of fused-ring (bicyclic) bond motifs is 1. The van der Waals surface area contributed by atoms with Crippen molar-refractivity contribution in [2.45, 2.75) is 37.3 Å². The predicted octanol–water partition coefficient (Wildman–Crippen LogP) is 5.67. The third-order valence-corrected chi connectivity index (χ3v) is 7.82. The van der Waals surface area contributed by atoms with Crippen molar-refractivity contribution in [2.24, 2.45) is 0 Å². The van der Waals surface area contributed by atoms with Crippen LogP contribution in [0.2, 0.25) is 0 Å². The van der Waals surface area contributed by atoms with Crippen LogP contribution >= 0.6 is 0 Å². The van der Waals surface area contributed by atoms with Gasteiger partial charge in [-0.3, -0.25) is 4.31 Å². The second kappa shape index (κ2) is 9.43. The highest BCUT2D eigenvalue weighted by Crippen LogP contribution is 2.35. The molecular weight excluding hydrogens is 450 g/mol. The quantitative estimate of drug-likeness (QED) is 0.416. The second-order valence-electron chi connectivity index (χ2n) is 8.34. The summed E-state index contributed by atoms with van der Waals surface area (Å²) in [6, 6.07) is 19.5. The van der Waals surface area contributed by atoms with Crippen molar-refractivity contribution in [3.05, 3.63) is 83.9 Å². The molecule has 0 bridgehead atoms. The number of methoxy groups -OCH3 is 2. The number of nitrogens with zero attached hydrogens (tertiary/aromatic N) is 1. The van der Waals surface area contributed by atoms with Gasteiger partial charge in [0, 0.05) is 11.6 Å². The van der Waals surface area contributed by atoms with E-state index in [-0.39, 0.29) is 17.0 Å². The molecule has 1 aliphatic rings. The van der Waals surface area contributed by atoms with Crippen LogP contribution in [0, 0.1) is 0 Å². The maximum absolute atomic E-state index is 13.8. The Hall–Kier alpha value is -3.45. The molecule has 1 heterocycles. The van der Waals surface area contributed by atoms with Crippen LogP contribution < -0.4 is 18.5 Å². The average Bonchev–Trinajstić information content (AvgIpc) is 2.87. The molecule has 4 rings (SSSR count). The maximum Gasteiger partial charge on any atom is 0.264 e. The minimum atomic E-state index is -3.91. The molecule has 3 aromatic carbocycles. The van der Waals surface area contributed by atoms with Crippen LogP contribution in [-0.4, -0.2) is 28.2 Å². The number of benzene rings is 3. The van der Waals surface area contributed by atoms with E-state index in [0.717, 1.165) is 23.3 Å². The molecule has 0 aliphatic carbocycles. The van der Waals surface area contributed by atoms with Crippen LogP contribution in [0.5, 0.6) is 17.2 Å². The molecule has 7 heteroatoms. The van der Waals surface area contributed by atoms with Gasteiger partial charge < -0.3 is 14.2 Å². The molecule has 0 N–H and O–H groups in total. The monoisotopic (exact) mass is 479 g/mol. The van der Waals surface area contributed by atoms with E-state index in [2.05, 4.69) is 13.0 Å². The first-order valence-corrected chi connectivity index (χ1v) is 12.5. The van der Waals surface area contributed by atoms with Gasteiger partial charge >= 0.3 is 0 Å². The third kappa shape index (κ3) is 4.61. The molecule has 0 amide bonds. The zero-order chi connectivity index (χ0) is 24.3. The molecule has 1 atom stereocenters. The Morgan fingerprint density at radius 3 is 2.35 bits per heavy atom. The van der Waals surface area contributed by atoms with E-state index < -0.39 is 10.0 Å². The summed E-state index contributed by atoms with van der Waals surface area (Å²) in [5.74, 6) is 1.62. The molecule has 0 radical (unpaired) electrons. The second-order valence-corrected chi connectivity index (χ2v) is 10.2. The molecule has 178 valence electrons. The van der Waals surface area contributed by atoms with Crippen LogP contribution in [0.25, 0.3) is 6.08 Å². The third-order valence-electron chi connectivity index (χ3n) is 6.05. The molecule has 34 heavy (non-hydrogen) atoms. The number of anilines is 1. The van der Waals surface area contributed by atoms with Crippen molar-refractivity contribution in [1.29, 1.82) is 0 Å². The highest BCUT2D eigenvalue weighted by atomic mass is 32.2. The van der Waals surface area contributed by atoms with Gasteiger partial charge in [-0.1, -0.05) is 37.3 Å². The standard InChI is InChI=1S/C27H29NO5S/c1-5-27(2)16-15-21-17-20(11-13-24(21)33-27)19-28(22-9-7-6-8-10-22)34(29,30)23-12-14-25(31-3)26(18-23)32-4/h6-18H,5,19H2,1-4H3. The highest BCUT2D eigenvalue weighted by molar-refractivity contribution is 7.92. The number of hydrogen-bond donors (Lipinski definition) is 0. The summed E-state index contributed by atoms with van der Waals surface area (Å²) in [6.07, 6.45) is 4.95. The van der Waals surface area contributed by atoms with Gasteiger partial charge in [0.25, 0.3) is 10.0 Å². The smallest absolute Gasteiger partial charge is 0.264 e. The highest BCUT2D eigenvalue weighted by Gasteiger charge is 2.28. The number of sulfonamides is 1. The molecule has 0 spiro atoms. The van der Waals surface area contributed by atoms with E-state index in [1.54, 1.807) is 18.2 Å². The first-order chi connectivity index (χ1) is 16.3. The van der Waals surface area contributed by atoms with E-state index >= 15 is 0 Å². The van der Waals surface area contributed by atoms with Crippen molar-refractivity contribution in [2.75, 3.05) is 18.5 Å². The van der Waals surface area contributed by atoms with E-state index in [1.807, 2.05) is 49.4 Å². The van der Waals surface area contributed by atoms with Crippen LogP contribution in [0.4, 0.5) is 5.69 Å². The van der Waals surface area contributed by atoms with Crippen molar-refractivity contribution in [1.82, 2.24) is 0 Å². The molecule has 1 unspecified atom stereocenters. The fraction of sp³-hybridized carbons (Fsp3) is 0.259. The van der Waals surface area contributed by atoms with Gasteiger partial charge in [0.05, 0.1) is 31.3 Å². The predicted molar refractivity (Wildman–Crippen MR) is 134 cm³/mol. The lowest BCUT2D eigenvalue weighted by Crippen LogP contribution is -2.31. The Balaban J connectivity index is 1.73. The van der Waals surface area contributed by atoms with Gasteiger partial charge in [0.2, 0.25) is 0 Å². The molecule has 1 aliphatic heterocycles. The Kier molecular flexibility index (Phi) is 6.57. The molecule has 0 saturated heterocycles. The lowest BCUT2D eigenvalue weighted by molar-refractivity contribution is 0.133. The fourth-order valence-corrected chi connectivity index (χ4v) is 5.31. The number of ether oxygens (including phenoxy) is 3. The first kappa shape index (κ1) is 23.7.